The lowest BCUT2D eigenvalue weighted by Gasteiger charge is -2.15. The highest BCUT2D eigenvalue weighted by Gasteiger charge is 2.18. The van der Waals surface area contributed by atoms with Crippen LogP contribution in [0.4, 0.5) is 0 Å². The molecule has 4 aromatic rings. The predicted octanol–water partition coefficient (Wildman–Crippen LogP) is 3.80. The first-order chi connectivity index (χ1) is 12.6. The number of carbonyl (C=O) groups is 1. The van der Waals surface area contributed by atoms with E-state index in [2.05, 4.69) is 15.0 Å². The molecule has 0 spiro atoms. The molecule has 2 heterocycles. The summed E-state index contributed by atoms with van der Waals surface area (Å²) in [6.45, 7) is 3.68. The van der Waals surface area contributed by atoms with Crippen LogP contribution in [0.3, 0.4) is 0 Å². The number of hydrogen-bond donors (Lipinski definition) is 1. The van der Waals surface area contributed by atoms with E-state index >= 15 is 0 Å². The van der Waals surface area contributed by atoms with Gasteiger partial charge in [0.2, 0.25) is 0 Å². The van der Waals surface area contributed by atoms with Crippen LogP contribution in [0.1, 0.15) is 21.7 Å². The number of carboxylic acids is 1. The van der Waals surface area contributed by atoms with Crippen molar-refractivity contribution in [2.45, 2.75) is 13.8 Å². The van der Waals surface area contributed by atoms with Gasteiger partial charge < -0.3 is 5.11 Å². The number of hydrogen-bond acceptors (Lipinski definition) is 4. The van der Waals surface area contributed by atoms with Crippen LogP contribution in [-0.2, 0) is 0 Å². The maximum absolute atomic E-state index is 11.8. The summed E-state index contributed by atoms with van der Waals surface area (Å²) in [6, 6.07) is 13.4. The minimum absolute atomic E-state index is 0.261. The zero-order valence-corrected chi connectivity index (χ0v) is 14.3. The van der Waals surface area contributed by atoms with E-state index in [1.165, 1.54) is 6.33 Å². The van der Waals surface area contributed by atoms with E-state index in [1.807, 2.05) is 47.9 Å². The number of imidazole rings is 1. The van der Waals surface area contributed by atoms with Crippen LogP contribution in [0.15, 0.2) is 55.0 Å². The van der Waals surface area contributed by atoms with E-state index in [1.54, 1.807) is 19.2 Å². The molecule has 0 aliphatic carbocycles. The Balaban J connectivity index is 2.06. The third-order valence-corrected chi connectivity index (χ3v) is 4.45. The highest BCUT2D eigenvalue weighted by Crippen LogP contribution is 2.30. The number of aromatic carboxylic acids is 1. The number of aryl methyl sites for hydroxylation is 1. The maximum Gasteiger partial charge on any atom is 0.336 e. The molecule has 0 bridgehead atoms. The average Bonchev–Trinajstić information content (AvgIpc) is 2.98. The highest BCUT2D eigenvalue weighted by molar-refractivity contribution is 5.93. The topological polar surface area (TPSA) is 80.9 Å². The summed E-state index contributed by atoms with van der Waals surface area (Å²) in [5, 5.41) is 9.69. The van der Waals surface area contributed by atoms with Crippen molar-refractivity contribution in [3.8, 4) is 16.8 Å². The van der Waals surface area contributed by atoms with Gasteiger partial charge in [0.25, 0.3) is 0 Å². The standard InChI is InChI=1S/C20H16N4O2/c1-12-16(20(25)26)8-15(14-6-4-3-5-7-14)9-18(12)24-13(2)23-17-10-21-11-22-19(17)24/h3-11H,1-2H3,(H,25,26). The minimum Gasteiger partial charge on any atom is -0.478 e. The molecule has 0 amide bonds. The van der Waals surface area contributed by atoms with Crippen molar-refractivity contribution in [1.82, 2.24) is 19.5 Å². The number of fused-ring (bicyclic) bond motifs is 1. The first-order valence-corrected chi connectivity index (χ1v) is 8.15. The highest BCUT2D eigenvalue weighted by atomic mass is 16.4. The molecule has 0 saturated carbocycles. The van der Waals surface area contributed by atoms with Gasteiger partial charge in [0.05, 0.1) is 17.4 Å². The molecule has 128 valence electrons. The number of benzene rings is 2. The summed E-state index contributed by atoms with van der Waals surface area (Å²) < 4.78 is 1.88. The van der Waals surface area contributed by atoms with Gasteiger partial charge in [-0.1, -0.05) is 30.3 Å². The molecule has 4 rings (SSSR count). The van der Waals surface area contributed by atoms with Crippen LogP contribution >= 0.6 is 0 Å². The van der Waals surface area contributed by atoms with Gasteiger partial charge in [-0.25, -0.2) is 19.7 Å². The number of rotatable bonds is 3. The molecule has 2 aromatic heterocycles. The summed E-state index contributed by atoms with van der Waals surface area (Å²) in [6.07, 6.45) is 3.12. The van der Waals surface area contributed by atoms with Gasteiger partial charge in [0, 0.05) is 0 Å². The molecule has 6 nitrogen and oxygen atoms in total. The minimum atomic E-state index is -0.960. The van der Waals surface area contributed by atoms with Crippen LogP contribution in [-0.4, -0.2) is 30.6 Å². The van der Waals surface area contributed by atoms with Gasteiger partial charge in [-0.05, 0) is 42.7 Å². The molecule has 26 heavy (non-hydrogen) atoms. The Labute approximate surface area is 149 Å². The molecule has 6 heteroatoms. The lowest BCUT2D eigenvalue weighted by Crippen LogP contribution is -2.07. The van der Waals surface area contributed by atoms with E-state index in [4.69, 9.17) is 0 Å². The fourth-order valence-electron chi connectivity index (χ4n) is 3.18. The zero-order valence-electron chi connectivity index (χ0n) is 14.3. The van der Waals surface area contributed by atoms with Crippen molar-refractivity contribution in [3.05, 3.63) is 71.9 Å². The molecule has 1 N–H and O–H groups in total. The van der Waals surface area contributed by atoms with Crippen LogP contribution in [0.25, 0.3) is 28.0 Å². The molecule has 0 unspecified atom stereocenters. The number of carboxylic acid groups (broad SMARTS) is 1. The maximum atomic E-state index is 11.8. The van der Waals surface area contributed by atoms with E-state index < -0.39 is 5.97 Å². The molecule has 2 aromatic carbocycles. The van der Waals surface area contributed by atoms with Crippen LogP contribution in [0.2, 0.25) is 0 Å². The Bertz CT molecular complexity index is 1130. The normalized spacial score (nSPS) is 11.0. The fourth-order valence-corrected chi connectivity index (χ4v) is 3.18. The molecular formula is C20H16N4O2. The molecule has 0 aliphatic heterocycles. The van der Waals surface area contributed by atoms with Gasteiger partial charge in [0.1, 0.15) is 17.7 Å². The largest absolute Gasteiger partial charge is 0.478 e. The summed E-state index contributed by atoms with van der Waals surface area (Å²) in [7, 11) is 0. The van der Waals surface area contributed by atoms with Gasteiger partial charge in [-0.2, -0.15) is 0 Å². The Morgan fingerprint density at radius 3 is 2.58 bits per heavy atom. The predicted molar refractivity (Wildman–Crippen MR) is 98.5 cm³/mol. The van der Waals surface area contributed by atoms with Crippen molar-refractivity contribution >= 4 is 17.1 Å². The van der Waals surface area contributed by atoms with Crippen molar-refractivity contribution in [2.24, 2.45) is 0 Å². The van der Waals surface area contributed by atoms with Gasteiger partial charge in [-0.15, -0.1) is 0 Å². The van der Waals surface area contributed by atoms with Crippen LogP contribution in [0, 0.1) is 13.8 Å². The summed E-state index contributed by atoms with van der Waals surface area (Å²) in [5.41, 5.74) is 4.79. The zero-order chi connectivity index (χ0) is 18.3. The van der Waals surface area contributed by atoms with Gasteiger partial charge >= 0.3 is 5.97 Å². The fraction of sp³-hybridized carbons (Fsp3) is 0.100. The molecule has 0 saturated heterocycles. The van der Waals surface area contributed by atoms with Crippen molar-refractivity contribution in [1.29, 1.82) is 0 Å². The van der Waals surface area contributed by atoms with E-state index in [0.29, 0.717) is 16.7 Å². The molecule has 0 atom stereocenters. The van der Waals surface area contributed by atoms with E-state index in [9.17, 15) is 9.90 Å². The molecule has 0 aliphatic rings. The van der Waals surface area contributed by atoms with Crippen molar-refractivity contribution in [2.75, 3.05) is 0 Å². The first kappa shape index (κ1) is 16.0. The summed E-state index contributed by atoms with van der Waals surface area (Å²) in [4.78, 5) is 24.7. The quantitative estimate of drug-likeness (QED) is 0.611. The Morgan fingerprint density at radius 1 is 1.08 bits per heavy atom. The number of nitrogens with zero attached hydrogens (tertiary/aromatic N) is 4. The third-order valence-electron chi connectivity index (χ3n) is 4.45. The van der Waals surface area contributed by atoms with E-state index in [0.717, 1.165) is 22.6 Å². The van der Waals surface area contributed by atoms with Gasteiger partial charge in [0.15, 0.2) is 5.65 Å². The Hall–Kier alpha value is -3.54. The Kier molecular flexibility index (Phi) is 3.73. The second kappa shape index (κ2) is 6.07. The molecule has 0 radical (unpaired) electrons. The van der Waals surface area contributed by atoms with Gasteiger partial charge in [-0.3, -0.25) is 4.57 Å². The lowest BCUT2D eigenvalue weighted by atomic mass is 9.97. The van der Waals surface area contributed by atoms with Crippen molar-refractivity contribution < 1.29 is 9.90 Å². The SMILES string of the molecule is Cc1c(C(=O)O)cc(-c2ccccc2)cc1-n1c(C)nc2cncnc21. The monoisotopic (exact) mass is 344 g/mol. The smallest absolute Gasteiger partial charge is 0.336 e. The van der Waals surface area contributed by atoms with Crippen molar-refractivity contribution in [3.63, 3.8) is 0 Å². The molecular weight excluding hydrogens is 328 g/mol. The average molecular weight is 344 g/mol. The van der Waals surface area contributed by atoms with E-state index in [-0.39, 0.29) is 5.56 Å². The van der Waals surface area contributed by atoms with Crippen LogP contribution in [0.5, 0.6) is 0 Å². The lowest BCUT2D eigenvalue weighted by molar-refractivity contribution is 0.0696. The third kappa shape index (κ3) is 2.52. The van der Waals surface area contributed by atoms with Crippen LogP contribution < -0.4 is 0 Å². The Morgan fingerprint density at radius 2 is 1.85 bits per heavy atom. The summed E-state index contributed by atoms with van der Waals surface area (Å²) >= 11 is 0. The second-order valence-corrected chi connectivity index (χ2v) is 6.07. The first-order valence-electron chi connectivity index (χ1n) is 8.15. The summed E-state index contributed by atoms with van der Waals surface area (Å²) in [5.74, 6) is -0.233. The number of aromatic nitrogens is 4. The second-order valence-electron chi connectivity index (χ2n) is 6.07. The molecule has 0 fully saturated rings.